The van der Waals surface area contributed by atoms with E-state index in [1.165, 1.54) is 5.69 Å². The molecule has 2 rings (SSSR count). The van der Waals surface area contributed by atoms with Gasteiger partial charge in [-0.3, -0.25) is 4.79 Å². The van der Waals surface area contributed by atoms with Crippen LogP contribution in [0.1, 0.15) is 19.8 Å². The lowest BCUT2D eigenvalue weighted by molar-refractivity contribution is -0.133. The molecular weight excluding hydrogens is 238 g/mol. The number of anilines is 1. The van der Waals surface area contributed by atoms with Crippen LogP contribution in [0, 0.1) is 0 Å². The molecule has 2 N–H and O–H groups in total. The lowest BCUT2D eigenvalue weighted by Crippen LogP contribution is -2.53. The second-order valence-electron chi connectivity index (χ2n) is 5.04. The van der Waals surface area contributed by atoms with Gasteiger partial charge in [-0.05, 0) is 18.6 Å². The highest BCUT2D eigenvalue weighted by Crippen LogP contribution is 2.16. The molecule has 0 saturated carbocycles. The summed E-state index contributed by atoms with van der Waals surface area (Å²) in [5.41, 5.74) is 7.13. The van der Waals surface area contributed by atoms with Gasteiger partial charge in [-0.2, -0.15) is 0 Å². The fourth-order valence-electron chi connectivity index (χ4n) is 2.49. The second kappa shape index (κ2) is 6.57. The molecule has 1 amide bonds. The number of carbonyl (C=O) groups excluding carboxylic acids is 1. The Labute approximate surface area is 115 Å². The van der Waals surface area contributed by atoms with Gasteiger partial charge < -0.3 is 15.5 Å². The van der Waals surface area contributed by atoms with E-state index in [0.717, 1.165) is 39.0 Å². The topological polar surface area (TPSA) is 49.6 Å². The molecular formula is C15H23N3O. The van der Waals surface area contributed by atoms with E-state index in [9.17, 15) is 4.79 Å². The Bertz CT molecular complexity index is 399. The first kappa shape index (κ1) is 13.9. The molecule has 0 bridgehead atoms. The molecule has 1 aromatic carbocycles. The quantitative estimate of drug-likeness (QED) is 0.892. The minimum absolute atomic E-state index is 0.106. The lowest BCUT2D eigenvalue weighted by atomic mass is 10.1. The van der Waals surface area contributed by atoms with Crippen molar-refractivity contribution in [2.75, 3.05) is 31.1 Å². The summed E-state index contributed by atoms with van der Waals surface area (Å²) in [4.78, 5) is 16.3. The maximum absolute atomic E-state index is 12.1. The number of para-hydroxylation sites is 1. The summed E-state index contributed by atoms with van der Waals surface area (Å²) in [6, 6.07) is 10.0. The summed E-state index contributed by atoms with van der Waals surface area (Å²) in [5.74, 6) is 0.106. The van der Waals surface area contributed by atoms with Crippen molar-refractivity contribution in [2.45, 2.75) is 25.8 Å². The first-order valence-electron chi connectivity index (χ1n) is 7.06. The van der Waals surface area contributed by atoms with Gasteiger partial charge in [0.2, 0.25) is 5.91 Å². The van der Waals surface area contributed by atoms with Crippen molar-refractivity contribution in [1.82, 2.24) is 4.90 Å². The van der Waals surface area contributed by atoms with Crippen molar-refractivity contribution in [3.63, 3.8) is 0 Å². The number of carbonyl (C=O) groups is 1. The van der Waals surface area contributed by atoms with E-state index < -0.39 is 0 Å². The van der Waals surface area contributed by atoms with Crippen LogP contribution in [0.15, 0.2) is 30.3 Å². The van der Waals surface area contributed by atoms with E-state index >= 15 is 0 Å². The van der Waals surface area contributed by atoms with Crippen molar-refractivity contribution >= 4 is 11.6 Å². The van der Waals surface area contributed by atoms with Crippen LogP contribution in [0.2, 0.25) is 0 Å². The minimum atomic E-state index is -0.326. The van der Waals surface area contributed by atoms with E-state index in [2.05, 4.69) is 24.0 Å². The van der Waals surface area contributed by atoms with Gasteiger partial charge in [0.1, 0.15) is 0 Å². The van der Waals surface area contributed by atoms with Crippen LogP contribution >= 0.6 is 0 Å². The average Bonchev–Trinajstić information content (AvgIpc) is 2.48. The molecule has 1 saturated heterocycles. The number of nitrogens with zero attached hydrogens (tertiary/aromatic N) is 2. The molecule has 0 unspecified atom stereocenters. The first-order valence-corrected chi connectivity index (χ1v) is 7.06. The molecule has 1 aromatic rings. The molecule has 1 atom stereocenters. The third-order valence-electron chi connectivity index (χ3n) is 3.63. The molecule has 104 valence electrons. The van der Waals surface area contributed by atoms with Crippen LogP contribution in [-0.4, -0.2) is 43.0 Å². The number of nitrogens with two attached hydrogens (primary N) is 1. The highest BCUT2D eigenvalue weighted by atomic mass is 16.2. The SMILES string of the molecule is CCC[C@@H](N)C(=O)N1CCN(c2ccccc2)CC1. The van der Waals surface area contributed by atoms with E-state index in [1.54, 1.807) is 0 Å². The molecule has 4 heteroatoms. The zero-order valence-corrected chi connectivity index (χ0v) is 11.6. The monoisotopic (exact) mass is 261 g/mol. The first-order chi connectivity index (χ1) is 9.22. The smallest absolute Gasteiger partial charge is 0.239 e. The highest BCUT2D eigenvalue weighted by Gasteiger charge is 2.24. The standard InChI is InChI=1S/C15H23N3O/c1-2-6-14(16)15(19)18-11-9-17(10-12-18)13-7-4-3-5-8-13/h3-5,7-8,14H,2,6,9-12,16H2,1H3/t14-/m1/s1. The van der Waals surface area contributed by atoms with Gasteiger partial charge in [0.05, 0.1) is 6.04 Å². The summed E-state index contributed by atoms with van der Waals surface area (Å²) in [5, 5.41) is 0. The summed E-state index contributed by atoms with van der Waals surface area (Å²) in [6.07, 6.45) is 1.73. The number of amides is 1. The van der Waals surface area contributed by atoms with Gasteiger partial charge in [0, 0.05) is 31.9 Å². The Hall–Kier alpha value is -1.55. The summed E-state index contributed by atoms with van der Waals surface area (Å²) < 4.78 is 0. The van der Waals surface area contributed by atoms with Crippen LogP contribution in [0.5, 0.6) is 0 Å². The Morgan fingerprint density at radius 1 is 1.21 bits per heavy atom. The van der Waals surface area contributed by atoms with Crippen LogP contribution in [0.25, 0.3) is 0 Å². The van der Waals surface area contributed by atoms with Crippen LogP contribution in [-0.2, 0) is 4.79 Å². The van der Waals surface area contributed by atoms with E-state index in [-0.39, 0.29) is 11.9 Å². The molecule has 1 aliphatic rings. The Balaban J connectivity index is 1.87. The lowest BCUT2D eigenvalue weighted by Gasteiger charge is -2.37. The van der Waals surface area contributed by atoms with E-state index in [4.69, 9.17) is 5.73 Å². The van der Waals surface area contributed by atoms with Gasteiger partial charge in [-0.15, -0.1) is 0 Å². The van der Waals surface area contributed by atoms with Crippen molar-refractivity contribution in [1.29, 1.82) is 0 Å². The molecule has 19 heavy (non-hydrogen) atoms. The predicted molar refractivity (Wildman–Crippen MR) is 78.1 cm³/mol. The second-order valence-corrected chi connectivity index (χ2v) is 5.04. The van der Waals surface area contributed by atoms with E-state index in [0.29, 0.717) is 0 Å². The minimum Gasteiger partial charge on any atom is -0.368 e. The van der Waals surface area contributed by atoms with Gasteiger partial charge in [0.25, 0.3) is 0 Å². The molecule has 1 fully saturated rings. The zero-order valence-electron chi connectivity index (χ0n) is 11.6. The fraction of sp³-hybridized carbons (Fsp3) is 0.533. The maximum atomic E-state index is 12.1. The summed E-state index contributed by atoms with van der Waals surface area (Å²) in [7, 11) is 0. The van der Waals surface area contributed by atoms with Gasteiger partial charge >= 0.3 is 0 Å². The Morgan fingerprint density at radius 2 is 1.84 bits per heavy atom. The van der Waals surface area contributed by atoms with Crippen molar-refractivity contribution < 1.29 is 4.79 Å². The van der Waals surface area contributed by atoms with Crippen LogP contribution in [0.3, 0.4) is 0 Å². The van der Waals surface area contributed by atoms with Crippen molar-refractivity contribution in [3.05, 3.63) is 30.3 Å². The van der Waals surface area contributed by atoms with Crippen molar-refractivity contribution in [2.24, 2.45) is 5.73 Å². The Kier molecular flexibility index (Phi) is 4.80. The van der Waals surface area contributed by atoms with Crippen LogP contribution < -0.4 is 10.6 Å². The molecule has 0 aliphatic carbocycles. The number of rotatable bonds is 4. The van der Waals surface area contributed by atoms with Gasteiger partial charge in [-0.25, -0.2) is 0 Å². The fourth-order valence-corrected chi connectivity index (χ4v) is 2.49. The highest BCUT2D eigenvalue weighted by molar-refractivity contribution is 5.81. The predicted octanol–water partition coefficient (Wildman–Crippen LogP) is 1.46. The van der Waals surface area contributed by atoms with E-state index in [1.807, 2.05) is 23.1 Å². The number of hydrogen-bond acceptors (Lipinski definition) is 3. The average molecular weight is 261 g/mol. The Morgan fingerprint density at radius 3 is 2.42 bits per heavy atom. The van der Waals surface area contributed by atoms with Crippen LogP contribution in [0.4, 0.5) is 5.69 Å². The molecule has 0 radical (unpaired) electrons. The van der Waals surface area contributed by atoms with Crippen molar-refractivity contribution in [3.8, 4) is 0 Å². The molecule has 1 aliphatic heterocycles. The van der Waals surface area contributed by atoms with Gasteiger partial charge in [0.15, 0.2) is 0 Å². The zero-order chi connectivity index (χ0) is 13.7. The largest absolute Gasteiger partial charge is 0.368 e. The van der Waals surface area contributed by atoms with Gasteiger partial charge in [-0.1, -0.05) is 31.5 Å². The number of hydrogen-bond donors (Lipinski definition) is 1. The summed E-state index contributed by atoms with van der Waals surface area (Å²) in [6.45, 7) is 5.36. The summed E-state index contributed by atoms with van der Waals surface area (Å²) >= 11 is 0. The maximum Gasteiger partial charge on any atom is 0.239 e. The molecule has 0 spiro atoms. The number of benzene rings is 1. The molecule has 4 nitrogen and oxygen atoms in total. The third kappa shape index (κ3) is 3.47. The molecule has 0 aromatic heterocycles. The normalized spacial score (nSPS) is 17.4. The molecule has 1 heterocycles. The number of piperazine rings is 1. The third-order valence-corrected chi connectivity index (χ3v) is 3.63.